The van der Waals surface area contributed by atoms with Crippen molar-refractivity contribution in [2.45, 2.75) is 34.2 Å². The van der Waals surface area contributed by atoms with Crippen molar-refractivity contribution in [2.24, 2.45) is 5.92 Å². The number of aryl methyl sites for hydroxylation is 1. The first kappa shape index (κ1) is 19.6. The van der Waals surface area contributed by atoms with Crippen LogP contribution in [0.3, 0.4) is 0 Å². The van der Waals surface area contributed by atoms with Gasteiger partial charge < -0.3 is 10.1 Å². The minimum atomic E-state index is -0.239. The van der Waals surface area contributed by atoms with Crippen molar-refractivity contribution in [3.05, 3.63) is 71.0 Å². The lowest BCUT2D eigenvalue weighted by Crippen LogP contribution is -2.24. The average molecular weight is 378 g/mol. The Kier molecular flexibility index (Phi) is 6.09. The molecule has 0 spiro atoms. The molecule has 0 bridgehead atoms. The van der Waals surface area contributed by atoms with Crippen LogP contribution in [0.25, 0.3) is 5.69 Å². The summed E-state index contributed by atoms with van der Waals surface area (Å²) in [5.41, 5.74) is 4.05. The Morgan fingerprint density at radius 1 is 1.14 bits per heavy atom. The molecule has 2 aromatic carbocycles. The number of amides is 1. The molecule has 6 heteroatoms. The minimum Gasteiger partial charge on any atom is -0.493 e. The predicted octanol–water partition coefficient (Wildman–Crippen LogP) is 3.85. The monoisotopic (exact) mass is 378 g/mol. The molecule has 0 aliphatic heterocycles. The van der Waals surface area contributed by atoms with Crippen LogP contribution in [-0.4, -0.2) is 27.5 Å². The molecule has 3 aromatic rings. The number of nitrogens with zero attached hydrogens (tertiary/aromatic N) is 3. The minimum absolute atomic E-state index is 0.239. The van der Waals surface area contributed by atoms with E-state index in [1.165, 1.54) is 0 Å². The number of carbonyl (C=O) groups excluding carboxylic acids is 1. The molecular formula is C22H26N4O2. The highest BCUT2D eigenvalue weighted by molar-refractivity contribution is 5.93. The van der Waals surface area contributed by atoms with E-state index in [4.69, 9.17) is 4.74 Å². The van der Waals surface area contributed by atoms with Crippen LogP contribution in [0.1, 0.15) is 41.2 Å². The summed E-state index contributed by atoms with van der Waals surface area (Å²) < 4.78 is 7.36. The van der Waals surface area contributed by atoms with Crippen molar-refractivity contribution in [3.8, 4) is 11.4 Å². The third-order valence-electron chi connectivity index (χ3n) is 4.32. The highest BCUT2D eigenvalue weighted by Gasteiger charge is 2.17. The molecule has 0 aliphatic carbocycles. The summed E-state index contributed by atoms with van der Waals surface area (Å²) in [4.78, 5) is 12.5. The molecule has 146 valence electrons. The maximum atomic E-state index is 12.5. The SMILES string of the molecule is Cc1cccc(-n2nnc(C(=O)NCc3ccc(OCC(C)C)cc3)c2C)c1. The zero-order valence-corrected chi connectivity index (χ0v) is 16.8. The highest BCUT2D eigenvalue weighted by Crippen LogP contribution is 2.15. The van der Waals surface area contributed by atoms with Gasteiger partial charge in [0.1, 0.15) is 5.75 Å². The van der Waals surface area contributed by atoms with Gasteiger partial charge >= 0.3 is 0 Å². The Balaban J connectivity index is 1.62. The third-order valence-corrected chi connectivity index (χ3v) is 4.32. The number of aromatic nitrogens is 3. The van der Waals surface area contributed by atoms with E-state index in [0.717, 1.165) is 22.6 Å². The second-order valence-electron chi connectivity index (χ2n) is 7.31. The summed E-state index contributed by atoms with van der Waals surface area (Å²) in [7, 11) is 0. The molecule has 0 saturated carbocycles. The highest BCUT2D eigenvalue weighted by atomic mass is 16.5. The predicted molar refractivity (Wildman–Crippen MR) is 109 cm³/mol. The lowest BCUT2D eigenvalue weighted by molar-refractivity contribution is 0.0945. The van der Waals surface area contributed by atoms with E-state index >= 15 is 0 Å². The summed E-state index contributed by atoms with van der Waals surface area (Å²) in [6.45, 7) is 9.19. The van der Waals surface area contributed by atoms with Crippen molar-refractivity contribution < 1.29 is 9.53 Å². The van der Waals surface area contributed by atoms with E-state index < -0.39 is 0 Å². The number of ether oxygens (including phenoxy) is 1. The zero-order chi connectivity index (χ0) is 20.1. The van der Waals surface area contributed by atoms with Gasteiger partial charge in [0, 0.05) is 6.54 Å². The maximum absolute atomic E-state index is 12.5. The van der Waals surface area contributed by atoms with Gasteiger partial charge in [-0.25, -0.2) is 4.68 Å². The molecule has 0 radical (unpaired) electrons. The van der Waals surface area contributed by atoms with Gasteiger partial charge in [-0.2, -0.15) is 0 Å². The van der Waals surface area contributed by atoms with Gasteiger partial charge in [0.05, 0.1) is 18.0 Å². The molecule has 6 nitrogen and oxygen atoms in total. The van der Waals surface area contributed by atoms with E-state index in [1.54, 1.807) is 4.68 Å². The molecule has 3 rings (SSSR count). The fourth-order valence-electron chi connectivity index (χ4n) is 2.78. The Morgan fingerprint density at radius 2 is 1.89 bits per heavy atom. The van der Waals surface area contributed by atoms with E-state index in [0.29, 0.717) is 30.5 Å². The first-order valence-electron chi connectivity index (χ1n) is 9.43. The third kappa shape index (κ3) is 4.76. The molecule has 0 atom stereocenters. The van der Waals surface area contributed by atoms with Crippen LogP contribution < -0.4 is 10.1 Å². The van der Waals surface area contributed by atoms with Crippen LogP contribution in [0.2, 0.25) is 0 Å². The Morgan fingerprint density at radius 3 is 2.57 bits per heavy atom. The van der Waals surface area contributed by atoms with Crippen molar-refractivity contribution in [1.82, 2.24) is 20.3 Å². The van der Waals surface area contributed by atoms with Gasteiger partial charge in [0.25, 0.3) is 5.91 Å². The van der Waals surface area contributed by atoms with Gasteiger partial charge in [-0.3, -0.25) is 4.79 Å². The fourth-order valence-corrected chi connectivity index (χ4v) is 2.78. The summed E-state index contributed by atoms with van der Waals surface area (Å²) in [6.07, 6.45) is 0. The topological polar surface area (TPSA) is 69.0 Å². The Hall–Kier alpha value is -3.15. The van der Waals surface area contributed by atoms with E-state index in [1.807, 2.05) is 62.4 Å². The van der Waals surface area contributed by atoms with Crippen LogP contribution in [0.15, 0.2) is 48.5 Å². The quantitative estimate of drug-likeness (QED) is 0.678. The largest absolute Gasteiger partial charge is 0.493 e. The molecule has 0 saturated heterocycles. The molecule has 0 unspecified atom stereocenters. The molecule has 0 fully saturated rings. The Labute approximate surface area is 165 Å². The zero-order valence-electron chi connectivity index (χ0n) is 16.8. The van der Waals surface area contributed by atoms with Crippen LogP contribution in [0.5, 0.6) is 5.75 Å². The number of carbonyl (C=O) groups is 1. The normalized spacial score (nSPS) is 10.9. The van der Waals surface area contributed by atoms with Crippen molar-refractivity contribution >= 4 is 5.91 Å². The number of benzene rings is 2. The standard InChI is InChI=1S/C22H26N4O2/c1-15(2)14-28-20-10-8-18(9-11-20)13-23-22(27)21-17(4)26(25-24-21)19-7-5-6-16(3)12-19/h5-12,15H,13-14H2,1-4H3,(H,23,27). The van der Waals surface area contributed by atoms with Crippen molar-refractivity contribution in [3.63, 3.8) is 0 Å². The van der Waals surface area contributed by atoms with Crippen molar-refractivity contribution in [2.75, 3.05) is 6.61 Å². The number of rotatable bonds is 7. The molecule has 1 N–H and O–H groups in total. The summed E-state index contributed by atoms with van der Waals surface area (Å²) in [5.74, 6) is 1.08. The van der Waals surface area contributed by atoms with Crippen molar-refractivity contribution in [1.29, 1.82) is 0 Å². The van der Waals surface area contributed by atoms with Crippen LogP contribution in [0.4, 0.5) is 0 Å². The fraction of sp³-hybridized carbons (Fsp3) is 0.318. The number of hydrogen-bond donors (Lipinski definition) is 1. The average Bonchev–Trinajstić information content (AvgIpc) is 3.06. The molecule has 0 aliphatic rings. The lowest BCUT2D eigenvalue weighted by Gasteiger charge is -2.09. The first-order chi connectivity index (χ1) is 13.4. The number of nitrogens with one attached hydrogen (secondary N) is 1. The molecule has 1 amide bonds. The van der Waals surface area contributed by atoms with E-state index in [-0.39, 0.29) is 5.91 Å². The smallest absolute Gasteiger partial charge is 0.274 e. The summed E-state index contributed by atoms with van der Waals surface area (Å²) in [5, 5.41) is 11.1. The van der Waals surface area contributed by atoms with Gasteiger partial charge in [-0.15, -0.1) is 5.10 Å². The van der Waals surface area contributed by atoms with Gasteiger partial charge in [0.15, 0.2) is 5.69 Å². The summed E-state index contributed by atoms with van der Waals surface area (Å²) >= 11 is 0. The van der Waals surface area contributed by atoms with E-state index in [9.17, 15) is 4.79 Å². The van der Waals surface area contributed by atoms with Gasteiger partial charge in [-0.05, 0) is 55.2 Å². The van der Waals surface area contributed by atoms with Crippen LogP contribution in [0, 0.1) is 19.8 Å². The summed E-state index contributed by atoms with van der Waals surface area (Å²) in [6, 6.07) is 15.7. The first-order valence-corrected chi connectivity index (χ1v) is 9.43. The molecule has 1 aromatic heterocycles. The molecular weight excluding hydrogens is 352 g/mol. The Bertz CT molecular complexity index is 945. The van der Waals surface area contributed by atoms with Gasteiger partial charge in [0.2, 0.25) is 0 Å². The number of hydrogen-bond acceptors (Lipinski definition) is 4. The van der Waals surface area contributed by atoms with E-state index in [2.05, 4.69) is 29.5 Å². The van der Waals surface area contributed by atoms with Crippen LogP contribution in [-0.2, 0) is 6.54 Å². The second-order valence-corrected chi connectivity index (χ2v) is 7.31. The lowest BCUT2D eigenvalue weighted by atomic mass is 10.2. The molecule has 1 heterocycles. The van der Waals surface area contributed by atoms with Gasteiger partial charge in [-0.1, -0.05) is 43.3 Å². The maximum Gasteiger partial charge on any atom is 0.274 e. The van der Waals surface area contributed by atoms with Crippen LogP contribution >= 0.6 is 0 Å². The molecule has 28 heavy (non-hydrogen) atoms. The second kappa shape index (κ2) is 8.69.